The second-order valence-electron chi connectivity index (χ2n) is 6.58. The van der Waals surface area contributed by atoms with Gasteiger partial charge in [0.1, 0.15) is 5.75 Å². The Labute approximate surface area is 149 Å². The number of nitrogens with zero attached hydrogens (tertiary/aromatic N) is 1. The summed E-state index contributed by atoms with van der Waals surface area (Å²) in [6, 6.07) is 7.18. The van der Waals surface area contributed by atoms with Crippen LogP contribution < -0.4 is 15.4 Å². The molecule has 1 fully saturated rings. The smallest absolute Gasteiger partial charge is 0.322 e. The number of urea groups is 1. The molecule has 6 nitrogen and oxygen atoms in total. The molecule has 0 radical (unpaired) electrons. The van der Waals surface area contributed by atoms with Gasteiger partial charge in [0.25, 0.3) is 0 Å². The minimum Gasteiger partial charge on any atom is -0.497 e. The zero-order valence-corrected chi connectivity index (χ0v) is 15.4. The Hall–Kier alpha value is -2.24. The van der Waals surface area contributed by atoms with Crippen molar-refractivity contribution in [2.75, 3.05) is 25.5 Å². The summed E-state index contributed by atoms with van der Waals surface area (Å²) in [4.78, 5) is 26.7. The molecule has 1 saturated heterocycles. The number of amides is 3. The van der Waals surface area contributed by atoms with E-state index in [2.05, 4.69) is 17.6 Å². The van der Waals surface area contributed by atoms with Crippen molar-refractivity contribution in [2.45, 2.75) is 45.6 Å². The highest BCUT2D eigenvalue weighted by molar-refractivity contribution is 5.90. The summed E-state index contributed by atoms with van der Waals surface area (Å²) in [6.07, 6.45) is 3.70. The van der Waals surface area contributed by atoms with E-state index in [4.69, 9.17) is 4.74 Å². The van der Waals surface area contributed by atoms with Crippen molar-refractivity contribution in [1.29, 1.82) is 0 Å². The molecule has 2 N–H and O–H groups in total. The average molecular weight is 347 g/mol. The van der Waals surface area contributed by atoms with Crippen LogP contribution >= 0.6 is 0 Å². The third-order valence-corrected chi connectivity index (χ3v) is 4.68. The van der Waals surface area contributed by atoms with Gasteiger partial charge in [0.05, 0.1) is 13.0 Å². The van der Waals surface area contributed by atoms with Crippen molar-refractivity contribution in [3.63, 3.8) is 0 Å². The van der Waals surface area contributed by atoms with Crippen LogP contribution in [0.4, 0.5) is 10.5 Å². The number of hydrogen-bond donors (Lipinski definition) is 2. The minimum absolute atomic E-state index is 0.0580. The summed E-state index contributed by atoms with van der Waals surface area (Å²) in [6.45, 7) is 5.29. The summed E-state index contributed by atoms with van der Waals surface area (Å²) >= 11 is 0. The first kappa shape index (κ1) is 19.1. The zero-order chi connectivity index (χ0) is 18.2. The van der Waals surface area contributed by atoms with Crippen LogP contribution in [0.25, 0.3) is 0 Å². The highest BCUT2D eigenvalue weighted by Crippen LogP contribution is 2.23. The molecule has 1 aliphatic rings. The van der Waals surface area contributed by atoms with Gasteiger partial charge in [-0.2, -0.15) is 0 Å². The molecule has 2 rings (SSSR count). The number of rotatable bonds is 6. The Morgan fingerprint density at radius 1 is 1.24 bits per heavy atom. The molecule has 1 aliphatic heterocycles. The van der Waals surface area contributed by atoms with Crippen molar-refractivity contribution in [1.82, 2.24) is 10.2 Å². The van der Waals surface area contributed by atoms with Crippen molar-refractivity contribution in [2.24, 2.45) is 5.92 Å². The van der Waals surface area contributed by atoms with Crippen LogP contribution in [0.2, 0.25) is 0 Å². The summed E-state index contributed by atoms with van der Waals surface area (Å²) in [5, 5.41) is 5.88. The largest absolute Gasteiger partial charge is 0.497 e. The van der Waals surface area contributed by atoms with Crippen LogP contribution in [0.1, 0.15) is 39.5 Å². The number of unbranched alkanes of at least 4 members (excludes halogenated alkanes) is 1. The molecule has 0 unspecified atom stereocenters. The molecule has 1 aromatic carbocycles. The Balaban J connectivity index is 1.93. The van der Waals surface area contributed by atoms with E-state index in [9.17, 15) is 9.59 Å². The first-order chi connectivity index (χ1) is 12.0. The molecular weight excluding hydrogens is 318 g/mol. The monoisotopic (exact) mass is 347 g/mol. The minimum atomic E-state index is -0.163. The number of piperidine rings is 1. The Morgan fingerprint density at radius 2 is 1.96 bits per heavy atom. The van der Waals surface area contributed by atoms with Crippen LogP contribution in [0.15, 0.2) is 24.3 Å². The fourth-order valence-electron chi connectivity index (χ4n) is 3.01. The van der Waals surface area contributed by atoms with E-state index >= 15 is 0 Å². The van der Waals surface area contributed by atoms with Gasteiger partial charge in [-0.25, -0.2) is 4.79 Å². The SMILES string of the molecule is CCCCNC(=O)[C@@H]1CC[C@H](C)N(C(=O)Nc2ccc(OC)cc2)C1. The van der Waals surface area contributed by atoms with Gasteiger partial charge in [0.2, 0.25) is 5.91 Å². The molecule has 6 heteroatoms. The zero-order valence-electron chi connectivity index (χ0n) is 15.4. The number of ether oxygens (including phenoxy) is 1. The van der Waals surface area contributed by atoms with Gasteiger partial charge in [-0.15, -0.1) is 0 Å². The summed E-state index contributed by atoms with van der Waals surface area (Å²) in [5.41, 5.74) is 0.715. The van der Waals surface area contributed by atoms with E-state index in [0.717, 1.165) is 31.4 Å². The number of methoxy groups -OCH3 is 1. The highest BCUT2D eigenvalue weighted by Gasteiger charge is 2.32. The van der Waals surface area contributed by atoms with E-state index < -0.39 is 0 Å². The first-order valence-corrected chi connectivity index (χ1v) is 9.04. The van der Waals surface area contributed by atoms with Crippen molar-refractivity contribution < 1.29 is 14.3 Å². The third-order valence-electron chi connectivity index (χ3n) is 4.68. The first-order valence-electron chi connectivity index (χ1n) is 9.04. The second kappa shape index (κ2) is 9.30. The van der Waals surface area contributed by atoms with Gasteiger partial charge in [-0.3, -0.25) is 4.79 Å². The lowest BCUT2D eigenvalue weighted by atomic mass is 9.93. The third kappa shape index (κ3) is 5.37. The number of anilines is 1. The second-order valence-corrected chi connectivity index (χ2v) is 6.58. The maximum Gasteiger partial charge on any atom is 0.322 e. The number of carbonyl (C=O) groups is 2. The van der Waals surface area contributed by atoms with Crippen LogP contribution in [0, 0.1) is 5.92 Å². The van der Waals surface area contributed by atoms with E-state index in [-0.39, 0.29) is 23.9 Å². The Morgan fingerprint density at radius 3 is 2.60 bits per heavy atom. The topological polar surface area (TPSA) is 70.7 Å². The summed E-state index contributed by atoms with van der Waals surface area (Å²) < 4.78 is 5.12. The molecule has 2 atom stereocenters. The maximum absolute atomic E-state index is 12.6. The van der Waals surface area contributed by atoms with E-state index in [1.165, 1.54) is 0 Å². The number of likely N-dealkylation sites (tertiary alicyclic amines) is 1. The van der Waals surface area contributed by atoms with Crippen molar-refractivity contribution >= 4 is 17.6 Å². The van der Waals surface area contributed by atoms with Gasteiger partial charge in [-0.05, 0) is 50.5 Å². The van der Waals surface area contributed by atoms with E-state index in [0.29, 0.717) is 18.8 Å². The molecular formula is C19H29N3O3. The summed E-state index contributed by atoms with van der Waals surface area (Å²) in [7, 11) is 1.61. The predicted molar refractivity (Wildman–Crippen MR) is 98.8 cm³/mol. The van der Waals surface area contributed by atoms with Crippen LogP contribution in [-0.2, 0) is 4.79 Å². The standard InChI is InChI=1S/C19H29N3O3/c1-4-5-12-20-18(23)15-7-6-14(2)22(13-15)19(24)21-16-8-10-17(25-3)11-9-16/h8-11,14-15H,4-7,12-13H2,1-3H3,(H,20,23)(H,21,24)/t14-,15+/m0/s1. The van der Waals surface area contributed by atoms with Crippen LogP contribution in [-0.4, -0.2) is 43.1 Å². The molecule has 1 aromatic rings. The quantitative estimate of drug-likeness (QED) is 0.776. The van der Waals surface area contributed by atoms with Crippen LogP contribution in [0.3, 0.4) is 0 Å². The molecule has 0 saturated carbocycles. The lowest BCUT2D eigenvalue weighted by Crippen LogP contribution is -2.50. The maximum atomic E-state index is 12.6. The normalized spacial score (nSPS) is 20.0. The van der Waals surface area contributed by atoms with Crippen molar-refractivity contribution in [3.05, 3.63) is 24.3 Å². The average Bonchev–Trinajstić information content (AvgIpc) is 2.62. The van der Waals surface area contributed by atoms with E-state index in [1.54, 1.807) is 36.3 Å². The molecule has 0 aromatic heterocycles. The van der Waals surface area contributed by atoms with Gasteiger partial charge in [-0.1, -0.05) is 13.3 Å². The molecule has 1 heterocycles. The number of carbonyl (C=O) groups excluding carboxylic acids is 2. The van der Waals surface area contributed by atoms with Gasteiger partial charge >= 0.3 is 6.03 Å². The van der Waals surface area contributed by atoms with Crippen molar-refractivity contribution in [3.8, 4) is 5.75 Å². The summed E-state index contributed by atoms with van der Waals surface area (Å²) in [5.74, 6) is 0.672. The molecule has 0 spiro atoms. The van der Waals surface area contributed by atoms with Gasteiger partial charge in [0.15, 0.2) is 0 Å². The molecule has 0 bridgehead atoms. The molecule has 25 heavy (non-hydrogen) atoms. The fourth-order valence-corrected chi connectivity index (χ4v) is 3.01. The fraction of sp³-hybridized carbons (Fsp3) is 0.579. The van der Waals surface area contributed by atoms with Gasteiger partial charge in [0, 0.05) is 24.8 Å². The van der Waals surface area contributed by atoms with E-state index in [1.807, 2.05) is 6.92 Å². The lowest BCUT2D eigenvalue weighted by molar-refractivity contribution is -0.126. The highest BCUT2D eigenvalue weighted by atomic mass is 16.5. The lowest BCUT2D eigenvalue weighted by Gasteiger charge is -2.37. The van der Waals surface area contributed by atoms with Crippen LogP contribution in [0.5, 0.6) is 5.75 Å². The predicted octanol–water partition coefficient (Wildman–Crippen LogP) is 3.24. The Kier molecular flexibility index (Phi) is 7.10. The molecule has 3 amide bonds. The number of benzene rings is 1. The molecule has 138 valence electrons. The number of nitrogens with one attached hydrogen (secondary N) is 2. The van der Waals surface area contributed by atoms with Gasteiger partial charge < -0.3 is 20.3 Å². The Bertz CT molecular complexity index is 574. The number of hydrogen-bond acceptors (Lipinski definition) is 3. The molecule has 0 aliphatic carbocycles.